The number of aliphatic hydroxyl groups is 2. The highest BCUT2D eigenvalue weighted by atomic mass is 32.2. The summed E-state index contributed by atoms with van der Waals surface area (Å²) in [6.45, 7) is 0.501. The van der Waals surface area contributed by atoms with Crippen molar-refractivity contribution in [2.45, 2.75) is 24.9 Å². The Labute approximate surface area is 95.3 Å². The molecule has 2 saturated heterocycles. The summed E-state index contributed by atoms with van der Waals surface area (Å²) in [5, 5.41) is 20.0. The van der Waals surface area contributed by atoms with E-state index in [4.69, 9.17) is 4.74 Å². The Bertz CT molecular complexity index is 341. The maximum atomic E-state index is 11.4. The lowest BCUT2D eigenvalue weighted by molar-refractivity contribution is -0.115. The number of sulfone groups is 1. The van der Waals surface area contributed by atoms with E-state index in [1.165, 1.54) is 0 Å². The Hall–Kier alpha value is -0.170. The highest BCUT2D eigenvalue weighted by Crippen LogP contribution is 2.45. The van der Waals surface area contributed by atoms with Gasteiger partial charge in [0.1, 0.15) is 9.84 Å². The molecule has 2 heterocycles. The first-order valence-electron chi connectivity index (χ1n) is 5.55. The van der Waals surface area contributed by atoms with Gasteiger partial charge in [-0.1, -0.05) is 0 Å². The fourth-order valence-corrected chi connectivity index (χ4v) is 4.28. The van der Waals surface area contributed by atoms with Crippen LogP contribution in [0, 0.1) is 5.41 Å². The summed E-state index contributed by atoms with van der Waals surface area (Å²) in [6.07, 6.45) is 1.13. The summed E-state index contributed by atoms with van der Waals surface area (Å²) in [7, 11) is -2.98. The zero-order valence-corrected chi connectivity index (χ0v) is 10.0. The number of ether oxygens (including phenoxy) is 1. The fraction of sp³-hybridized carbons (Fsp3) is 1.00. The molecule has 2 rings (SSSR count). The van der Waals surface area contributed by atoms with Crippen LogP contribution in [0.1, 0.15) is 19.3 Å². The van der Waals surface area contributed by atoms with Crippen molar-refractivity contribution in [3.63, 3.8) is 0 Å². The Kier molecular flexibility index (Phi) is 3.03. The summed E-state index contributed by atoms with van der Waals surface area (Å²) < 4.78 is 27.9. The lowest BCUT2D eigenvalue weighted by Crippen LogP contribution is -2.55. The van der Waals surface area contributed by atoms with Gasteiger partial charge in [-0.05, 0) is 12.8 Å². The Morgan fingerprint density at radius 3 is 2.25 bits per heavy atom. The summed E-state index contributed by atoms with van der Waals surface area (Å²) in [4.78, 5) is 0. The van der Waals surface area contributed by atoms with Crippen molar-refractivity contribution in [1.29, 1.82) is 0 Å². The van der Waals surface area contributed by atoms with Crippen LogP contribution in [0.2, 0.25) is 0 Å². The minimum atomic E-state index is -2.98. The molecule has 0 aromatic carbocycles. The molecule has 16 heavy (non-hydrogen) atoms. The molecule has 0 aliphatic carbocycles. The summed E-state index contributed by atoms with van der Waals surface area (Å²) in [5.74, 6) is 0.103. The molecule has 0 spiro atoms. The molecule has 0 bridgehead atoms. The molecule has 2 aliphatic heterocycles. The van der Waals surface area contributed by atoms with Gasteiger partial charge in [0.05, 0.1) is 30.3 Å². The van der Waals surface area contributed by atoms with Gasteiger partial charge in [0, 0.05) is 18.4 Å². The van der Waals surface area contributed by atoms with Gasteiger partial charge in [-0.15, -0.1) is 0 Å². The number of hydrogen-bond acceptors (Lipinski definition) is 5. The number of aliphatic hydroxyl groups excluding tert-OH is 1. The van der Waals surface area contributed by atoms with Crippen LogP contribution in [-0.2, 0) is 14.6 Å². The van der Waals surface area contributed by atoms with Gasteiger partial charge < -0.3 is 14.9 Å². The first-order valence-corrected chi connectivity index (χ1v) is 7.37. The lowest BCUT2D eigenvalue weighted by atomic mass is 9.68. The molecule has 0 aromatic rings. The highest BCUT2D eigenvalue weighted by Gasteiger charge is 2.54. The van der Waals surface area contributed by atoms with Crippen LogP contribution in [0.25, 0.3) is 0 Å². The maximum absolute atomic E-state index is 11.4. The molecule has 2 aliphatic rings. The van der Waals surface area contributed by atoms with Gasteiger partial charge >= 0.3 is 0 Å². The minimum Gasteiger partial charge on any atom is -0.396 e. The third kappa shape index (κ3) is 1.88. The van der Waals surface area contributed by atoms with E-state index in [1.807, 2.05) is 0 Å². The molecule has 1 unspecified atom stereocenters. The van der Waals surface area contributed by atoms with Crippen molar-refractivity contribution in [3.05, 3.63) is 0 Å². The SMILES string of the molecule is O=S1(=O)CCC(CO)(C2(O)CCOC2)CC1. The second-order valence-electron chi connectivity index (χ2n) is 4.92. The van der Waals surface area contributed by atoms with Crippen molar-refractivity contribution in [2.75, 3.05) is 31.3 Å². The third-order valence-electron chi connectivity index (χ3n) is 4.07. The van der Waals surface area contributed by atoms with Gasteiger partial charge in [0.15, 0.2) is 0 Å². The first-order chi connectivity index (χ1) is 7.43. The molecular formula is C10H18O5S. The Balaban J connectivity index is 2.21. The second-order valence-corrected chi connectivity index (χ2v) is 7.23. The molecule has 2 fully saturated rings. The largest absolute Gasteiger partial charge is 0.396 e. The van der Waals surface area contributed by atoms with Crippen molar-refractivity contribution in [3.8, 4) is 0 Å². The molecule has 0 aromatic heterocycles. The van der Waals surface area contributed by atoms with Gasteiger partial charge in [-0.2, -0.15) is 0 Å². The molecule has 94 valence electrons. The molecule has 6 heteroatoms. The van der Waals surface area contributed by atoms with Crippen LogP contribution in [0.4, 0.5) is 0 Å². The monoisotopic (exact) mass is 250 g/mol. The third-order valence-corrected chi connectivity index (χ3v) is 5.73. The van der Waals surface area contributed by atoms with E-state index < -0.39 is 20.9 Å². The van der Waals surface area contributed by atoms with E-state index in [-0.39, 0.29) is 24.7 Å². The van der Waals surface area contributed by atoms with E-state index >= 15 is 0 Å². The predicted octanol–water partition coefficient (Wildman–Crippen LogP) is -0.675. The zero-order valence-electron chi connectivity index (χ0n) is 9.18. The summed E-state index contributed by atoms with van der Waals surface area (Å²) in [6, 6.07) is 0. The highest BCUT2D eigenvalue weighted by molar-refractivity contribution is 7.91. The molecule has 0 saturated carbocycles. The topological polar surface area (TPSA) is 83.8 Å². The molecule has 0 radical (unpaired) electrons. The van der Waals surface area contributed by atoms with Crippen LogP contribution in [0.15, 0.2) is 0 Å². The van der Waals surface area contributed by atoms with E-state index in [2.05, 4.69) is 0 Å². The zero-order chi connectivity index (χ0) is 11.9. The van der Waals surface area contributed by atoms with Crippen LogP contribution >= 0.6 is 0 Å². The fourth-order valence-electron chi connectivity index (χ4n) is 2.67. The normalized spacial score (nSPS) is 37.4. The molecule has 0 amide bonds. The van der Waals surface area contributed by atoms with Crippen LogP contribution in [0.5, 0.6) is 0 Å². The van der Waals surface area contributed by atoms with Crippen molar-refractivity contribution >= 4 is 9.84 Å². The van der Waals surface area contributed by atoms with Gasteiger partial charge in [0.2, 0.25) is 0 Å². The number of rotatable bonds is 2. The maximum Gasteiger partial charge on any atom is 0.150 e. The van der Waals surface area contributed by atoms with Crippen LogP contribution in [-0.4, -0.2) is 55.6 Å². The van der Waals surface area contributed by atoms with Crippen LogP contribution in [0.3, 0.4) is 0 Å². The van der Waals surface area contributed by atoms with Gasteiger partial charge in [-0.3, -0.25) is 0 Å². The Morgan fingerprint density at radius 1 is 1.19 bits per heavy atom. The predicted molar refractivity (Wildman–Crippen MR) is 57.8 cm³/mol. The van der Waals surface area contributed by atoms with Crippen molar-refractivity contribution in [1.82, 2.24) is 0 Å². The molecular weight excluding hydrogens is 232 g/mol. The summed E-state index contributed by atoms with van der Waals surface area (Å²) in [5.41, 5.74) is -1.76. The smallest absolute Gasteiger partial charge is 0.150 e. The minimum absolute atomic E-state index is 0.0515. The van der Waals surface area contributed by atoms with Crippen molar-refractivity contribution in [2.24, 2.45) is 5.41 Å². The summed E-state index contributed by atoms with van der Waals surface area (Å²) >= 11 is 0. The number of hydrogen-bond donors (Lipinski definition) is 2. The van der Waals surface area contributed by atoms with Gasteiger partial charge in [-0.25, -0.2) is 8.42 Å². The first kappa shape index (κ1) is 12.3. The lowest BCUT2D eigenvalue weighted by Gasteiger charge is -2.45. The van der Waals surface area contributed by atoms with E-state index in [9.17, 15) is 18.6 Å². The standard InChI is InChI=1S/C10H18O5S/c11-7-9(10(12)1-4-15-8-10)2-5-16(13,14)6-3-9/h11-12H,1-8H2. The van der Waals surface area contributed by atoms with E-state index in [0.29, 0.717) is 25.9 Å². The van der Waals surface area contributed by atoms with Gasteiger partial charge in [0.25, 0.3) is 0 Å². The second kappa shape index (κ2) is 3.94. The average molecular weight is 250 g/mol. The molecule has 1 atom stereocenters. The molecule has 5 nitrogen and oxygen atoms in total. The Morgan fingerprint density at radius 2 is 1.81 bits per heavy atom. The quantitative estimate of drug-likeness (QED) is 0.679. The average Bonchev–Trinajstić information content (AvgIpc) is 2.67. The van der Waals surface area contributed by atoms with Crippen molar-refractivity contribution < 1.29 is 23.4 Å². The van der Waals surface area contributed by atoms with Crippen LogP contribution < -0.4 is 0 Å². The molecule has 2 N–H and O–H groups in total. The van der Waals surface area contributed by atoms with E-state index in [1.54, 1.807) is 0 Å². The van der Waals surface area contributed by atoms with E-state index in [0.717, 1.165) is 0 Å².